The zero-order chi connectivity index (χ0) is 23.5. The summed E-state index contributed by atoms with van der Waals surface area (Å²) in [6, 6.07) is 6.81. The van der Waals surface area contributed by atoms with Gasteiger partial charge in [0.15, 0.2) is 0 Å². The summed E-state index contributed by atoms with van der Waals surface area (Å²) in [5, 5.41) is 2.75. The van der Waals surface area contributed by atoms with Gasteiger partial charge < -0.3 is 15.8 Å². The minimum Gasteiger partial charge on any atom is -0.487 e. The summed E-state index contributed by atoms with van der Waals surface area (Å²) in [7, 11) is -3.77. The van der Waals surface area contributed by atoms with Crippen LogP contribution < -0.4 is 15.8 Å². The van der Waals surface area contributed by atoms with Gasteiger partial charge in [-0.25, -0.2) is 12.8 Å². The maximum absolute atomic E-state index is 14.0. The lowest BCUT2D eigenvalue weighted by Crippen LogP contribution is -2.48. The van der Waals surface area contributed by atoms with Crippen LogP contribution in [0.2, 0.25) is 0 Å². The van der Waals surface area contributed by atoms with Gasteiger partial charge in [0.05, 0.1) is 30.2 Å². The first-order chi connectivity index (χ1) is 15.0. The molecular weight excluding hydrogens is 435 g/mol. The quantitative estimate of drug-likeness (QED) is 0.620. The Morgan fingerprint density at radius 2 is 2.09 bits per heavy atom. The Kier molecular flexibility index (Phi) is 7.04. The fraction of sp³-hybridized carbons (Fsp3) is 0.455. The molecule has 1 amide bonds. The second-order valence-electron chi connectivity index (χ2n) is 8.39. The number of amides is 1. The van der Waals surface area contributed by atoms with Gasteiger partial charge in [0.2, 0.25) is 15.9 Å². The average Bonchev–Trinajstić information content (AvgIpc) is 2.73. The molecule has 174 valence electrons. The number of ether oxygens (including phenoxy) is 1. The Morgan fingerprint density at radius 1 is 1.34 bits per heavy atom. The highest BCUT2D eigenvalue weighted by Crippen LogP contribution is 2.43. The Labute approximate surface area is 188 Å². The predicted molar refractivity (Wildman–Crippen MR) is 120 cm³/mol. The highest BCUT2D eigenvalue weighted by molar-refractivity contribution is 7.89. The van der Waals surface area contributed by atoms with Crippen LogP contribution in [0.5, 0.6) is 5.75 Å². The molecule has 2 aromatic rings. The van der Waals surface area contributed by atoms with Gasteiger partial charge in [0, 0.05) is 30.6 Å². The van der Waals surface area contributed by atoms with E-state index in [1.54, 1.807) is 12.1 Å². The van der Waals surface area contributed by atoms with E-state index in [0.29, 0.717) is 30.0 Å². The van der Waals surface area contributed by atoms with E-state index in [2.05, 4.69) is 10.3 Å². The normalized spacial score (nSPS) is 17.5. The van der Waals surface area contributed by atoms with Gasteiger partial charge in [0.1, 0.15) is 17.2 Å². The summed E-state index contributed by atoms with van der Waals surface area (Å²) in [6.07, 6.45) is 2.30. The Bertz CT molecular complexity index is 1070. The highest BCUT2D eigenvalue weighted by Gasteiger charge is 2.41. The number of hydrogen-bond acceptors (Lipinski definition) is 6. The Morgan fingerprint density at radius 3 is 2.75 bits per heavy atom. The monoisotopic (exact) mass is 464 g/mol. The van der Waals surface area contributed by atoms with Crippen molar-refractivity contribution in [3.05, 3.63) is 53.6 Å². The number of rotatable bonds is 8. The number of nitrogens with one attached hydrogen (secondary N) is 1. The van der Waals surface area contributed by atoms with Crippen molar-refractivity contribution in [2.75, 3.05) is 24.6 Å². The third-order valence-electron chi connectivity index (χ3n) is 5.32. The fourth-order valence-corrected chi connectivity index (χ4v) is 4.95. The number of carbonyl (C=O) groups excluding carboxylic acids is 1. The fourth-order valence-electron chi connectivity index (χ4n) is 3.72. The van der Waals surface area contributed by atoms with Crippen molar-refractivity contribution < 1.29 is 22.3 Å². The van der Waals surface area contributed by atoms with Crippen LogP contribution in [0, 0.1) is 5.82 Å². The molecule has 0 spiro atoms. The number of benzene rings is 1. The smallest absolute Gasteiger partial charge is 0.235 e. The molecular formula is C22H29FN4O4S. The SMILES string of the molecule is CCS(=O)(=O)N(CC(=O)NCCc1ccc(N)cn1)C1CC(C)(C)Oc2ccc(F)cc21. The van der Waals surface area contributed by atoms with E-state index in [1.165, 1.54) is 31.3 Å². The van der Waals surface area contributed by atoms with Crippen LogP contribution >= 0.6 is 0 Å². The molecule has 1 unspecified atom stereocenters. The van der Waals surface area contributed by atoms with Crippen molar-refractivity contribution in [3.63, 3.8) is 0 Å². The average molecular weight is 465 g/mol. The second-order valence-corrected chi connectivity index (χ2v) is 10.6. The lowest BCUT2D eigenvalue weighted by Gasteiger charge is -2.41. The van der Waals surface area contributed by atoms with Crippen molar-refractivity contribution in [2.45, 2.75) is 45.3 Å². The van der Waals surface area contributed by atoms with E-state index in [1.807, 2.05) is 13.8 Å². The summed E-state index contributed by atoms with van der Waals surface area (Å²) in [4.78, 5) is 16.9. The lowest BCUT2D eigenvalue weighted by molar-refractivity contribution is -0.121. The third kappa shape index (κ3) is 5.74. The number of pyridine rings is 1. The maximum atomic E-state index is 14.0. The van der Waals surface area contributed by atoms with E-state index in [0.717, 1.165) is 10.00 Å². The maximum Gasteiger partial charge on any atom is 0.235 e. The van der Waals surface area contributed by atoms with Gasteiger partial charge in [-0.3, -0.25) is 9.78 Å². The number of carbonyl (C=O) groups is 1. The van der Waals surface area contributed by atoms with E-state index >= 15 is 0 Å². The van der Waals surface area contributed by atoms with Crippen molar-refractivity contribution in [3.8, 4) is 5.75 Å². The van der Waals surface area contributed by atoms with Gasteiger partial charge in [-0.15, -0.1) is 0 Å². The van der Waals surface area contributed by atoms with Crippen LogP contribution in [0.15, 0.2) is 36.5 Å². The molecule has 1 aromatic heterocycles. The molecule has 0 saturated carbocycles. The molecule has 1 aliphatic heterocycles. The van der Waals surface area contributed by atoms with Gasteiger partial charge in [-0.1, -0.05) is 0 Å². The Balaban J connectivity index is 1.79. The molecule has 0 bridgehead atoms. The first kappa shape index (κ1) is 23.9. The molecule has 1 atom stereocenters. The summed E-state index contributed by atoms with van der Waals surface area (Å²) in [5.41, 5.74) is 6.66. The number of sulfonamides is 1. The van der Waals surface area contributed by atoms with E-state index in [-0.39, 0.29) is 18.7 Å². The lowest BCUT2D eigenvalue weighted by atomic mass is 9.89. The molecule has 1 aromatic carbocycles. The molecule has 0 radical (unpaired) electrons. The number of nitrogens with two attached hydrogens (primary N) is 1. The van der Waals surface area contributed by atoms with Crippen molar-refractivity contribution in [1.29, 1.82) is 0 Å². The standard InChI is InChI=1S/C22H29FN4O4S/c1-4-32(29,30)27(14-21(28)25-10-9-17-7-6-16(24)13-26-17)19-12-22(2,3)31-20-8-5-15(23)11-18(19)20/h5-8,11,13,19H,4,9-10,12,14,24H2,1-3H3,(H,25,28). The van der Waals surface area contributed by atoms with Crippen LogP contribution in [0.4, 0.5) is 10.1 Å². The van der Waals surface area contributed by atoms with Gasteiger partial charge in [-0.05, 0) is 51.1 Å². The van der Waals surface area contributed by atoms with Crippen molar-refractivity contribution in [1.82, 2.24) is 14.6 Å². The second kappa shape index (κ2) is 9.41. The van der Waals surface area contributed by atoms with Crippen molar-refractivity contribution in [2.24, 2.45) is 0 Å². The van der Waals surface area contributed by atoms with E-state index in [4.69, 9.17) is 10.5 Å². The topological polar surface area (TPSA) is 115 Å². The van der Waals surface area contributed by atoms with Gasteiger partial charge in [-0.2, -0.15) is 4.31 Å². The summed E-state index contributed by atoms with van der Waals surface area (Å²) < 4.78 is 47.0. The zero-order valence-corrected chi connectivity index (χ0v) is 19.3. The molecule has 2 heterocycles. The molecule has 32 heavy (non-hydrogen) atoms. The Hall–Kier alpha value is -2.72. The summed E-state index contributed by atoms with van der Waals surface area (Å²) >= 11 is 0. The van der Waals surface area contributed by atoms with Crippen LogP contribution in [0.3, 0.4) is 0 Å². The molecule has 3 N–H and O–H groups in total. The molecule has 8 nitrogen and oxygen atoms in total. The first-order valence-electron chi connectivity index (χ1n) is 10.5. The molecule has 0 saturated heterocycles. The molecule has 3 rings (SSSR count). The largest absolute Gasteiger partial charge is 0.487 e. The molecule has 0 fully saturated rings. The van der Waals surface area contributed by atoms with Crippen LogP contribution in [-0.2, 0) is 21.2 Å². The zero-order valence-electron chi connectivity index (χ0n) is 18.5. The van der Waals surface area contributed by atoms with E-state index in [9.17, 15) is 17.6 Å². The van der Waals surface area contributed by atoms with Crippen LogP contribution in [0.25, 0.3) is 0 Å². The number of fused-ring (bicyclic) bond motifs is 1. The highest BCUT2D eigenvalue weighted by atomic mass is 32.2. The predicted octanol–water partition coefficient (Wildman–Crippen LogP) is 2.42. The summed E-state index contributed by atoms with van der Waals surface area (Å²) in [5.74, 6) is -0.706. The van der Waals surface area contributed by atoms with Crippen LogP contribution in [0.1, 0.15) is 44.5 Å². The summed E-state index contributed by atoms with van der Waals surface area (Å²) in [6.45, 7) is 5.11. The van der Waals surface area contributed by atoms with Gasteiger partial charge in [0.25, 0.3) is 0 Å². The minimum absolute atomic E-state index is 0.182. The number of nitrogen functional groups attached to an aromatic ring is 1. The number of anilines is 1. The number of halogens is 1. The molecule has 10 heteroatoms. The number of hydrogen-bond donors (Lipinski definition) is 2. The molecule has 0 aliphatic carbocycles. The molecule has 1 aliphatic rings. The first-order valence-corrected chi connectivity index (χ1v) is 12.1. The van der Waals surface area contributed by atoms with E-state index < -0.39 is 33.4 Å². The van der Waals surface area contributed by atoms with Crippen molar-refractivity contribution >= 4 is 21.6 Å². The van der Waals surface area contributed by atoms with Gasteiger partial charge >= 0.3 is 0 Å². The third-order valence-corrected chi connectivity index (χ3v) is 7.15. The minimum atomic E-state index is -3.77. The van der Waals surface area contributed by atoms with Crippen LogP contribution in [-0.4, -0.2) is 48.1 Å². The number of aromatic nitrogens is 1. The number of nitrogens with zero attached hydrogens (tertiary/aromatic N) is 2.